The maximum atomic E-state index is 12.5. The number of anilines is 1. The van der Waals surface area contributed by atoms with E-state index in [4.69, 9.17) is 0 Å². The zero-order valence-corrected chi connectivity index (χ0v) is 11.6. The average Bonchev–Trinajstić information content (AvgIpc) is 2.45. The van der Waals surface area contributed by atoms with Crippen LogP contribution in [0.15, 0.2) is 36.7 Å². The molecule has 1 N–H and O–H groups in total. The van der Waals surface area contributed by atoms with Gasteiger partial charge in [0.15, 0.2) is 0 Å². The summed E-state index contributed by atoms with van der Waals surface area (Å²) in [4.78, 5) is 8.24. The highest BCUT2D eigenvalue weighted by Crippen LogP contribution is 2.29. The highest BCUT2D eigenvalue weighted by atomic mass is 19.4. The smallest absolute Gasteiger partial charge is 0.366 e. The molecule has 0 radical (unpaired) electrons. The van der Waals surface area contributed by atoms with Crippen LogP contribution in [-0.2, 0) is 19.1 Å². The van der Waals surface area contributed by atoms with Crippen LogP contribution in [0.3, 0.4) is 0 Å². The number of aryl methyl sites for hydroxylation is 1. The molecule has 3 nitrogen and oxygen atoms in total. The van der Waals surface area contributed by atoms with Crippen LogP contribution in [-0.4, -0.2) is 9.97 Å². The minimum atomic E-state index is -4.30. The fourth-order valence-corrected chi connectivity index (χ4v) is 1.89. The molecule has 0 amide bonds. The van der Waals surface area contributed by atoms with Crippen LogP contribution < -0.4 is 5.32 Å². The molecule has 2 rings (SSSR count). The van der Waals surface area contributed by atoms with Gasteiger partial charge in [0.25, 0.3) is 0 Å². The topological polar surface area (TPSA) is 37.8 Å². The van der Waals surface area contributed by atoms with Gasteiger partial charge in [0.1, 0.15) is 12.1 Å². The van der Waals surface area contributed by atoms with Crippen LogP contribution in [0.25, 0.3) is 0 Å². The van der Waals surface area contributed by atoms with Gasteiger partial charge in [-0.25, -0.2) is 9.97 Å². The van der Waals surface area contributed by atoms with E-state index in [-0.39, 0.29) is 0 Å². The summed E-state index contributed by atoms with van der Waals surface area (Å²) in [5.74, 6) is 0.674. The van der Waals surface area contributed by atoms with E-state index in [0.29, 0.717) is 12.4 Å². The molecule has 0 bridgehead atoms. The van der Waals surface area contributed by atoms with Gasteiger partial charge in [-0.3, -0.25) is 0 Å². The first-order valence-corrected chi connectivity index (χ1v) is 6.70. The number of aromatic nitrogens is 2. The molecule has 0 saturated carbocycles. The lowest BCUT2D eigenvalue weighted by atomic mass is 10.1. The van der Waals surface area contributed by atoms with Gasteiger partial charge in [-0.1, -0.05) is 25.5 Å². The van der Waals surface area contributed by atoms with Crippen LogP contribution >= 0.6 is 0 Å². The molecule has 1 aromatic carbocycles. The van der Waals surface area contributed by atoms with Crippen molar-refractivity contribution in [2.75, 3.05) is 5.32 Å². The quantitative estimate of drug-likeness (QED) is 0.904. The first kappa shape index (κ1) is 15.3. The SMILES string of the molecule is CCCc1cc(NCc2ccc(C(F)(F)F)cc2)ncn1. The van der Waals surface area contributed by atoms with E-state index in [1.165, 1.54) is 18.5 Å². The van der Waals surface area contributed by atoms with E-state index in [2.05, 4.69) is 22.2 Å². The number of alkyl halides is 3. The zero-order valence-electron chi connectivity index (χ0n) is 11.6. The molecule has 2 aromatic rings. The second kappa shape index (κ2) is 6.56. The number of nitrogens with zero attached hydrogens (tertiary/aromatic N) is 2. The predicted octanol–water partition coefficient (Wildman–Crippen LogP) is 4.06. The van der Waals surface area contributed by atoms with Crippen molar-refractivity contribution >= 4 is 5.82 Å². The van der Waals surface area contributed by atoms with Gasteiger partial charge in [0.05, 0.1) is 5.56 Å². The Balaban J connectivity index is 1.98. The van der Waals surface area contributed by atoms with Gasteiger partial charge < -0.3 is 5.32 Å². The van der Waals surface area contributed by atoms with E-state index in [1.807, 2.05) is 6.07 Å². The first-order valence-electron chi connectivity index (χ1n) is 6.70. The number of hydrogen-bond acceptors (Lipinski definition) is 3. The fraction of sp³-hybridized carbons (Fsp3) is 0.333. The van der Waals surface area contributed by atoms with Gasteiger partial charge in [0, 0.05) is 18.3 Å². The Labute approximate surface area is 121 Å². The second-order valence-corrected chi connectivity index (χ2v) is 4.69. The Morgan fingerprint density at radius 2 is 1.81 bits per heavy atom. The van der Waals surface area contributed by atoms with E-state index in [1.54, 1.807) is 0 Å². The van der Waals surface area contributed by atoms with Crippen molar-refractivity contribution < 1.29 is 13.2 Å². The Kier molecular flexibility index (Phi) is 4.77. The highest BCUT2D eigenvalue weighted by Gasteiger charge is 2.29. The molecule has 0 aliphatic carbocycles. The van der Waals surface area contributed by atoms with Crippen molar-refractivity contribution in [3.05, 3.63) is 53.5 Å². The molecular weight excluding hydrogens is 279 g/mol. The molecule has 0 atom stereocenters. The second-order valence-electron chi connectivity index (χ2n) is 4.69. The third-order valence-electron chi connectivity index (χ3n) is 2.98. The lowest BCUT2D eigenvalue weighted by molar-refractivity contribution is -0.137. The molecule has 0 spiro atoms. The minimum Gasteiger partial charge on any atom is -0.366 e. The molecule has 0 fully saturated rings. The number of halogens is 3. The van der Waals surface area contributed by atoms with Crippen LogP contribution in [0.4, 0.5) is 19.0 Å². The normalized spacial score (nSPS) is 11.4. The Morgan fingerprint density at radius 1 is 1.10 bits per heavy atom. The van der Waals surface area contributed by atoms with Gasteiger partial charge >= 0.3 is 6.18 Å². The van der Waals surface area contributed by atoms with Crippen molar-refractivity contribution in [2.24, 2.45) is 0 Å². The summed E-state index contributed by atoms with van der Waals surface area (Å²) < 4.78 is 37.4. The largest absolute Gasteiger partial charge is 0.416 e. The summed E-state index contributed by atoms with van der Waals surface area (Å²) >= 11 is 0. The van der Waals surface area contributed by atoms with E-state index in [0.717, 1.165) is 36.2 Å². The molecule has 21 heavy (non-hydrogen) atoms. The van der Waals surface area contributed by atoms with Crippen LogP contribution in [0.5, 0.6) is 0 Å². The van der Waals surface area contributed by atoms with E-state index >= 15 is 0 Å². The standard InChI is InChI=1S/C15H16F3N3/c1-2-3-13-8-14(21-10-20-13)19-9-11-4-6-12(7-5-11)15(16,17)18/h4-8,10H,2-3,9H2,1H3,(H,19,20,21). The number of nitrogens with one attached hydrogen (secondary N) is 1. The molecular formula is C15H16F3N3. The number of hydrogen-bond donors (Lipinski definition) is 1. The molecule has 112 valence electrons. The monoisotopic (exact) mass is 295 g/mol. The van der Waals surface area contributed by atoms with Gasteiger partial charge in [-0.05, 0) is 24.1 Å². The van der Waals surface area contributed by atoms with Gasteiger partial charge in [-0.2, -0.15) is 13.2 Å². The Bertz CT molecular complexity index is 579. The summed E-state index contributed by atoms with van der Waals surface area (Å²) in [6, 6.07) is 6.94. The Morgan fingerprint density at radius 3 is 2.43 bits per heavy atom. The molecule has 1 aromatic heterocycles. The molecule has 1 heterocycles. The third-order valence-corrected chi connectivity index (χ3v) is 2.98. The Hall–Kier alpha value is -2.11. The van der Waals surface area contributed by atoms with Crippen molar-refractivity contribution in [3.8, 4) is 0 Å². The summed E-state index contributed by atoms with van der Waals surface area (Å²) in [7, 11) is 0. The predicted molar refractivity (Wildman–Crippen MR) is 74.8 cm³/mol. The van der Waals surface area contributed by atoms with Gasteiger partial charge in [0.2, 0.25) is 0 Å². The number of rotatable bonds is 5. The summed E-state index contributed by atoms with van der Waals surface area (Å²) in [5.41, 5.74) is 1.07. The highest BCUT2D eigenvalue weighted by molar-refractivity contribution is 5.36. The maximum absolute atomic E-state index is 12.5. The molecule has 0 unspecified atom stereocenters. The molecule has 6 heteroatoms. The lowest BCUT2D eigenvalue weighted by Crippen LogP contribution is -2.06. The fourth-order valence-electron chi connectivity index (χ4n) is 1.89. The van der Waals surface area contributed by atoms with Crippen molar-refractivity contribution in [1.82, 2.24) is 9.97 Å². The van der Waals surface area contributed by atoms with Crippen LogP contribution in [0.1, 0.15) is 30.2 Å². The van der Waals surface area contributed by atoms with Crippen molar-refractivity contribution in [1.29, 1.82) is 0 Å². The van der Waals surface area contributed by atoms with Crippen molar-refractivity contribution in [2.45, 2.75) is 32.5 Å². The van der Waals surface area contributed by atoms with Crippen molar-refractivity contribution in [3.63, 3.8) is 0 Å². The maximum Gasteiger partial charge on any atom is 0.416 e. The third kappa shape index (κ3) is 4.44. The van der Waals surface area contributed by atoms with Crippen LogP contribution in [0, 0.1) is 0 Å². The first-order chi connectivity index (χ1) is 9.99. The molecule has 0 aliphatic rings. The summed E-state index contributed by atoms with van der Waals surface area (Å²) in [5, 5.41) is 3.09. The van der Waals surface area contributed by atoms with E-state index in [9.17, 15) is 13.2 Å². The zero-order chi connectivity index (χ0) is 15.3. The lowest BCUT2D eigenvalue weighted by Gasteiger charge is -2.09. The molecule has 0 saturated heterocycles. The van der Waals surface area contributed by atoms with E-state index < -0.39 is 11.7 Å². The minimum absolute atomic E-state index is 0.417. The van der Waals surface area contributed by atoms with Gasteiger partial charge in [-0.15, -0.1) is 0 Å². The average molecular weight is 295 g/mol. The summed E-state index contributed by atoms with van der Waals surface area (Å²) in [6.07, 6.45) is -0.944. The number of benzene rings is 1. The summed E-state index contributed by atoms with van der Waals surface area (Å²) in [6.45, 7) is 2.48. The molecule has 0 aliphatic heterocycles. The van der Waals surface area contributed by atoms with Crippen LogP contribution in [0.2, 0.25) is 0 Å².